The molecule has 1 heterocycles. The Kier molecular flexibility index (Phi) is 12.7. The van der Waals surface area contributed by atoms with Crippen molar-refractivity contribution in [1.82, 2.24) is 4.90 Å². The van der Waals surface area contributed by atoms with Crippen LogP contribution in [0.3, 0.4) is 0 Å². The van der Waals surface area contributed by atoms with E-state index < -0.39 is 37.9 Å². The number of carbonyl (C=O) groups is 1. The molecule has 3 aromatic carbocycles. The molecule has 3 atom stereocenters. The van der Waals surface area contributed by atoms with Crippen LogP contribution in [0.4, 0.5) is 4.79 Å². The zero-order valence-corrected chi connectivity index (χ0v) is 32.1. The number of ether oxygens (including phenoxy) is 4. The van der Waals surface area contributed by atoms with E-state index in [4.69, 9.17) is 23.4 Å². The number of carbonyl (C=O) groups excluding carboxylic acids is 1. The Morgan fingerprint density at radius 1 is 0.940 bits per heavy atom. The third kappa shape index (κ3) is 9.40. The van der Waals surface area contributed by atoms with Crippen LogP contribution in [0.25, 0.3) is 10.4 Å². The van der Waals surface area contributed by atoms with Gasteiger partial charge in [0.25, 0.3) is 8.32 Å². The molecule has 1 aliphatic heterocycles. The summed E-state index contributed by atoms with van der Waals surface area (Å²) in [6.07, 6.45) is 0.471. The first-order valence-electron chi connectivity index (χ1n) is 17.4. The molecule has 10 nitrogen and oxygen atoms in total. The number of methoxy groups -OCH3 is 1. The highest BCUT2D eigenvalue weighted by Crippen LogP contribution is 2.37. The molecule has 1 aliphatic rings. The fourth-order valence-corrected chi connectivity index (χ4v) is 11.4. The van der Waals surface area contributed by atoms with Gasteiger partial charge < -0.3 is 23.4 Å². The Balaban J connectivity index is 1.63. The smallest absolute Gasteiger partial charge is 0.412 e. The van der Waals surface area contributed by atoms with Crippen LogP contribution in [-0.4, -0.2) is 69.1 Å². The lowest BCUT2D eigenvalue weighted by molar-refractivity contribution is -0.0628. The molecule has 4 rings (SSSR count). The lowest BCUT2D eigenvalue weighted by Gasteiger charge is -2.43. The van der Waals surface area contributed by atoms with Gasteiger partial charge in [0.15, 0.2) is 0 Å². The van der Waals surface area contributed by atoms with Gasteiger partial charge >= 0.3 is 6.09 Å². The average Bonchev–Trinajstić information content (AvgIpc) is 3.38. The van der Waals surface area contributed by atoms with Gasteiger partial charge in [0, 0.05) is 17.9 Å². The van der Waals surface area contributed by atoms with Gasteiger partial charge in [-0.3, -0.25) is 4.90 Å². The Labute approximate surface area is 298 Å². The Morgan fingerprint density at radius 3 is 2.00 bits per heavy atom. The van der Waals surface area contributed by atoms with Gasteiger partial charge in [-0.15, -0.1) is 0 Å². The van der Waals surface area contributed by atoms with Crippen molar-refractivity contribution in [3.8, 4) is 11.5 Å². The van der Waals surface area contributed by atoms with Crippen molar-refractivity contribution in [3.63, 3.8) is 0 Å². The SMILES string of the molecule is COc1ccc(O[C@@H](CCO[Si](c2ccccc2)(c2ccccc2)C(C)(C)C)[C@H](CC[C@H]2COC(C)(C)N2C(=O)OC(C)(C)C)N=[N+]=[N-])cc1. The Hall–Kier alpha value is -4.02. The van der Waals surface area contributed by atoms with E-state index in [0.717, 1.165) is 0 Å². The first-order valence-corrected chi connectivity index (χ1v) is 19.3. The van der Waals surface area contributed by atoms with Gasteiger partial charge in [0.2, 0.25) is 0 Å². The Bertz CT molecular complexity index is 1530. The maximum absolute atomic E-state index is 13.3. The van der Waals surface area contributed by atoms with Crippen LogP contribution in [0.15, 0.2) is 90.0 Å². The lowest BCUT2D eigenvalue weighted by atomic mass is 9.99. The normalized spacial score (nSPS) is 17.4. The van der Waals surface area contributed by atoms with E-state index in [1.54, 1.807) is 12.0 Å². The third-order valence-electron chi connectivity index (χ3n) is 9.07. The van der Waals surface area contributed by atoms with Gasteiger partial charge in [-0.05, 0) is 92.7 Å². The van der Waals surface area contributed by atoms with Crippen molar-refractivity contribution in [2.75, 3.05) is 20.3 Å². The fraction of sp³-hybridized carbons (Fsp3) is 0.513. The molecule has 0 radical (unpaired) electrons. The van der Waals surface area contributed by atoms with Crippen molar-refractivity contribution in [1.29, 1.82) is 0 Å². The van der Waals surface area contributed by atoms with Gasteiger partial charge in [-0.2, -0.15) is 0 Å². The summed E-state index contributed by atoms with van der Waals surface area (Å²) in [5.41, 5.74) is 8.27. The molecule has 0 N–H and O–H groups in total. The van der Waals surface area contributed by atoms with Gasteiger partial charge in [-0.1, -0.05) is 86.5 Å². The molecule has 0 aliphatic carbocycles. The number of benzene rings is 3. The Morgan fingerprint density at radius 2 is 1.50 bits per heavy atom. The summed E-state index contributed by atoms with van der Waals surface area (Å²) in [4.78, 5) is 18.2. The predicted octanol–water partition coefficient (Wildman–Crippen LogP) is 8.24. The van der Waals surface area contributed by atoms with Crippen LogP contribution in [-0.2, 0) is 13.9 Å². The number of azide groups is 1. The quantitative estimate of drug-likeness (QED) is 0.0724. The molecule has 0 saturated carbocycles. The van der Waals surface area contributed by atoms with Crippen LogP contribution in [0, 0.1) is 0 Å². The van der Waals surface area contributed by atoms with Gasteiger partial charge in [-0.25, -0.2) is 4.79 Å². The second-order valence-electron chi connectivity index (χ2n) is 15.2. The second-order valence-corrected chi connectivity index (χ2v) is 19.5. The van der Waals surface area contributed by atoms with Crippen molar-refractivity contribution >= 4 is 24.8 Å². The largest absolute Gasteiger partial charge is 0.497 e. The van der Waals surface area contributed by atoms with Gasteiger partial charge in [0.05, 0.1) is 25.8 Å². The maximum Gasteiger partial charge on any atom is 0.412 e. The van der Waals surface area contributed by atoms with E-state index in [1.807, 2.05) is 71.0 Å². The number of rotatable bonds is 14. The lowest BCUT2D eigenvalue weighted by Crippen LogP contribution is -2.66. The minimum atomic E-state index is -2.82. The predicted molar refractivity (Wildman–Crippen MR) is 200 cm³/mol. The number of nitrogens with zero attached hydrogens (tertiary/aromatic N) is 4. The average molecular weight is 703 g/mol. The second kappa shape index (κ2) is 16.3. The van der Waals surface area contributed by atoms with E-state index in [2.05, 4.69) is 79.3 Å². The molecule has 50 heavy (non-hydrogen) atoms. The molecular weight excluding hydrogens is 649 g/mol. The highest BCUT2D eigenvalue weighted by Gasteiger charge is 2.50. The monoisotopic (exact) mass is 702 g/mol. The number of hydrogen-bond acceptors (Lipinski definition) is 7. The summed E-state index contributed by atoms with van der Waals surface area (Å²) in [6, 6.07) is 27.5. The van der Waals surface area contributed by atoms with Crippen molar-refractivity contribution in [3.05, 3.63) is 95.4 Å². The van der Waals surface area contributed by atoms with Crippen LogP contribution < -0.4 is 19.8 Å². The van der Waals surface area contributed by atoms with Crippen molar-refractivity contribution in [2.24, 2.45) is 5.11 Å². The topological polar surface area (TPSA) is 115 Å². The van der Waals surface area contributed by atoms with Crippen LogP contribution >= 0.6 is 0 Å². The fourth-order valence-electron chi connectivity index (χ4n) is 6.77. The van der Waals surface area contributed by atoms with Crippen molar-refractivity contribution < 1.29 is 28.2 Å². The molecule has 0 aromatic heterocycles. The molecule has 1 fully saturated rings. The summed E-state index contributed by atoms with van der Waals surface area (Å²) in [5, 5.41) is 6.44. The molecule has 0 unspecified atom stereocenters. The minimum absolute atomic E-state index is 0.202. The van der Waals surface area contributed by atoms with Crippen molar-refractivity contribution in [2.45, 2.75) is 109 Å². The number of amides is 1. The zero-order valence-electron chi connectivity index (χ0n) is 31.1. The first kappa shape index (κ1) is 38.8. The summed E-state index contributed by atoms with van der Waals surface area (Å²) < 4.78 is 31.0. The van der Waals surface area contributed by atoms with Gasteiger partial charge in [0.1, 0.15) is 28.9 Å². The standard InChI is InChI=1S/C39H54N4O6Si/c1-37(2,3)49-36(44)43-29(28-46-39(43,7)8)20-25-34(41-42-40)35(48-31-23-21-30(45-9)22-24-31)26-27-47-50(38(4,5)6,32-16-12-10-13-17-32)33-18-14-11-15-19-33/h10-19,21-24,29,34-35H,20,25-28H2,1-9H3/t29-,34-,35-/m0/s1. The molecule has 270 valence electrons. The molecule has 3 aromatic rings. The maximum atomic E-state index is 13.3. The van der Waals surface area contributed by atoms with Crippen LogP contribution in [0.5, 0.6) is 11.5 Å². The summed E-state index contributed by atoms with van der Waals surface area (Å²) >= 11 is 0. The molecule has 1 amide bonds. The van der Waals surface area contributed by atoms with E-state index in [0.29, 0.717) is 44.0 Å². The molecule has 0 spiro atoms. The van der Waals surface area contributed by atoms with E-state index in [9.17, 15) is 10.3 Å². The van der Waals surface area contributed by atoms with Crippen LogP contribution in [0.2, 0.25) is 5.04 Å². The molecule has 1 saturated heterocycles. The van der Waals surface area contributed by atoms with Crippen LogP contribution in [0.1, 0.15) is 74.7 Å². The highest BCUT2D eigenvalue weighted by atomic mass is 28.4. The minimum Gasteiger partial charge on any atom is -0.497 e. The first-order chi connectivity index (χ1) is 23.6. The number of hydrogen-bond donors (Lipinski definition) is 0. The third-order valence-corrected chi connectivity index (χ3v) is 14.1. The zero-order chi connectivity index (χ0) is 36.6. The summed E-state index contributed by atoms with van der Waals surface area (Å²) in [6.45, 7) is 16.7. The highest BCUT2D eigenvalue weighted by molar-refractivity contribution is 6.99. The molecular formula is C39H54N4O6Si. The van der Waals surface area contributed by atoms with E-state index in [-0.39, 0.29) is 11.1 Å². The van der Waals surface area contributed by atoms with E-state index in [1.165, 1.54) is 10.4 Å². The van der Waals surface area contributed by atoms with E-state index >= 15 is 0 Å². The summed E-state index contributed by atoms with van der Waals surface area (Å²) in [7, 11) is -1.20. The molecule has 0 bridgehead atoms. The summed E-state index contributed by atoms with van der Waals surface area (Å²) in [5.74, 6) is 1.33. The molecule has 11 heteroatoms.